The Hall–Kier alpha value is -1.98. The van der Waals surface area contributed by atoms with Crippen LogP contribution in [0.15, 0.2) is 12.1 Å². The van der Waals surface area contributed by atoms with E-state index in [1.807, 2.05) is 0 Å². The second-order valence-corrected chi connectivity index (χ2v) is 2.42. The van der Waals surface area contributed by atoms with Crippen LogP contribution < -0.4 is 17.1 Å². The molecule has 13 heavy (non-hydrogen) atoms. The number of anilines is 1. The molecule has 70 valence electrons. The molecule has 0 aromatic carbocycles. The first kappa shape index (κ1) is 9.11. The third-order valence-corrected chi connectivity index (χ3v) is 1.55. The standard InChI is InChI=1S/C7H10N4O2/c1-13-7(12)4-2-5(8)11(10)6(9)3-4/h2-3,8H,9-10H2,1H3. The van der Waals surface area contributed by atoms with Gasteiger partial charge in [-0.2, -0.15) is 0 Å². The monoisotopic (exact) mass is 182 g/mol. The van der Waals surface area contributed by atoms with Crippen molar-refractivity contribution in [1.82, 2.24) is 4.68 Å². The third kappa shape index (κ3) is 1.61. The molecule has 1 aromatic rings. The van der Waals surface area contributed by atoms with Crippen LogP contribution in [-0.2, 0) is 4.74 Å². The number of hydrogen-bond donors (Lipinski definition) is 3. The first-order chi connectivity index (χ1) is 6.06. The fourth-order valence-electron chi connectivity index (χ4n) is 0.862. The van der Waals surface area contributed by atoms with E-state index in [2.05, 4.69) is 4.74 Å². The third-order valence-electron chi connectivity index (χ3n) is 1.55. The molecule has 0 saturated heterocycles. The number of nitrogens with one attached hydrogen (secondary N) is 1. The topological polar surface area (TPSA) is 107 Å². The minimum absolute atomic E-state index is 0.0552. The molecule has 0 radical (unpaired) electrons. The fraction of sp³-hybridized carbons (Fsp3) is 0.143. The number of hydrogen-bond acceptors (Lipinski definition) is 5. The van der Waals surface area contributed by atoms with E-state index in [1.165, 1.54) is 19.2 Å². The molecule has 6 nitrogen and oxygen atoms in total. The summed E-state index contributed by atoms with van der Waals surface area (Å²) in [6, 6.07) is 2.63. The maximum Gasteiger partial charge on any atom is 0.338 e. The highest BCUT2D eigenvalue weighted by Gasteiger charge is 2.07. The van der Waals surface area contributed by atoms with Crippen LogP contribution in [0.4, 0.5) is 5.82 Å². The number of methoxy groups -OCH3 is 1. The van der Waals surface area contributed by atoms with E-state index in [0.717, 1.165) is 4.68 Å². The molecule has 0 aliphatic rings. The van der Waals surface area contributed by atoms with Gasteiger partial charge in [-0.1, -0.05) is 0 Å². The van der Waals surface area contributed by atoms with Crippen molar-refractivity contribution in [3.8, 4) is 0 Å². The number of nitrogen functional groups attached to an aromatic ring is 2. The first-order valence-electron chi connectivity index (χ1n) is 3.47. The van der Waals surface area contributed by atoms with Gasteiger partial charge in [0.1, 0.15) is 11.3 Å². The molecule has 0 fully saturated rings. The molecule has 0 saturated carbocycles. The molecule has 0 atom stereocenters. The summed E-state index contributed by atoms with van der Waals surface area (Å²) in [5.41, 5.74) is 5.58. The Bertz CT molecular complexity index is 396. The van der Waals surface area contributed by atoms with Crippen molar-refractivity contribution in [2.75, 3.05) is 18.7 Å². The molecule has 0 aliphatic heterocycles. The van der Waals surface area contributed by atoms with E-state index >= 15 is 0 Å². The van der Waals surface area contributed by atoms with Crippen molar-refractivity contribution in [2.24, 2.45) is 0 Å². The number of aromatic nitrogens is 1. The van der Waals surface area contributed by atoms with Crippen LogP contribution in [0.5, 0.6) is 0 Å². The number of nitrogens with two attached hydrogens (primary N) is 2. The molecule has 0 unspecified atom stereocenters. The van der Waals surface area contributed by atoms with Crippen molar-refractivity contribution < 1.29 is 9.53 Å². The lowest BCUT2D eigenvalue weighted by Crippen LogP contribution is -2.30. The predicted octanol–water partition coefficient (Wildman–Crippen LogP) is -0.950. The lowest BCUT2D eigenvalue weighted by atomic mass is 10.2. The Morgan fingerprint density at radius 3 is 2.69 bits per heavy atom. The van der Waals surface area contributed by atoms with Crippen molar-refractivity contribution in [3.63, 3.8) is 0 Å². The van der Waals surface area contributed by atoms with Gasteiger partial charge in [0, 0.05) is 0 Å². The number of rotatable bonds is 1. The number of carbonyl (C=O) groups is 1. The number of pyridine rings is 1. The largest absolute Gasteiger partial charge is 0.465 e. The van der Waals surface area contributed by atoms with Gasteiger partial charge in [0.15, 0.2) is 0 Å². The molecule has 6 heteroatoms. The van der Waals surface area contributed by atoms with E-state index < -0.39 is 5.97 Å². The lowest BCUT2D eigenvalue weighted by Gasteiger charge is -2.05. The van der Waals surface area contributed by atoms with Gasteiger partial charge >= 0.3 is 5.97 Å². The molecule has 1 rings (SSSR count). The summed E-state index contributed by atoms with van der Waals surface area (Å²) in [4.78, 5) is 11.0. The molecule has 5 N–H and O–H groups in total. The highest BCUT2D eigenvalue weighted by atomic mass is 16.5. The molecular formula is C7H10N4O2. The van der Waals surface area contributed by atoms with E-state index in [9.17, 15) is 4.79 Å². The van der Waals surface area contributed by atoms with Crippen LogP contribution in [-0.4, -0.2) is 17.8 Å². The lowest BCUT2D eigenvalue weighted by molar-refractivity contribution is 0.0600. The molecule has 0 spiro atoms. The summed E-state index contributed by atoms with van der Waals surface area (Å²) in [5.74, 6) is 4.94. The van der Waals surface area contributed by atoms with Crippen LogP contribution in [0.2, 0.25) is 0 Å². The summed E-state index contributed by atoms with van der Waals surface area (Å²) in [7, 11) is 1.26. The Kier molecular flexibility index (Phi) is 2.23. The average Bonchev–Trinajstić information content (AvgIpc) is 2.12. The van der Waals surface area contributed by atoms with Crippen LogP contribution in [0.25, 0.3) is 0 Å². The van der Waals surface area contributed by atoms with Crippen molar-refractivity contribution >= 4 is 11.8 Å². The predicted molar refractivity (Wildman–Crippen MR) is 46.2 cm³/mol. The molecule has 1 aromatic heterocycles. The second kappa shape index (κ2) is 3.18. The van der Waals surface area contributed by atoms with Gasteiger partial charge in [0.05, 0.1) is 12.7 Å². The van der Waals surface area contributed by atoms with Gasteiger partial charge in [-0.3, -0.25) is 5.41 Å². The maximum atomic E-state index is 11.0. The zero-order chi connectivity index (χ0) is 10.0. The van der Waals surface area contributed by atoms with Crippen LogP contribution in [0.1, 0.15) is 10.4 Å². The van der Waals surface area contributed by atoms with Crippen molar-refractivity contribution in [2.45, 2.75) is 0 Å². The van der Waals surface area contributed by atoms with E-state index in [-0.39, 0.29) is 16.9 Å². The molecular weight excluding hydrogens is 172 g/mol. The Morgan fingerprint density at radius 1 is 1.62 bits per heavy atom. The number of nitrogens with zero attached hydrogens (tertiary/aromatic N) is 1. The van der Waals surface area contributed by atoms with Gasteiger partial charge in [-0.05, 0) is 12.1 Å². The summed E-state index contributed by atoms with van der Waals surface area (Å²) in [6.45, 7) is 0. The minimum atomic E-state index is -0.541. The maximum absolute atomic E-state index is 11.0. The summed E-state index contributed by atoms with van der Waals surface area (Å²) >= 11 is 0. The van der Waals surface area contributed by atoms with Gasteiger partial charge < -0.3 is 16.3 Å². The van der Waals surface area contributed by atoms with E-state index in [4.69, 9.17) is 17.0 Å². The number of carbonyl (C=O) groups excluding carboxylic acids is 1. The van der Waals surface area contributed by atoms with Crippen LogP contribution in [0.3, 0.4) is 0 Å². The Morgan fingerprint density at radius 2 is 2.23 bits per heavy atom. The zero-order valence-corrected chi connectivity index (χ0v) is 7.07. The number of ether oxygens (including phenoxy) is 1. The summed E-state index contributed by atoms with van der Waals surface area (Å²) in [5, 5.41) is 7.32. The van der Waals surface area contributed by atoms with Crippen molar-refractivity contribution in [1.29, 1.82) is 5.41 Å². The van der Waals surface area contributed by atoms with E-state index in [0.29, 0.717) is 0 Å². The van der Waals surface area contributed by atoms with Gasteiger partial charge in [-0.15, -0.1) is 0 Å². The Balaban J connectivity index is 3.29. The molecule has 1 heterocycles. The SMILES string of the molecule is COC(=O)c1cc(N)n(N)c(=N)c1. The molecule has 0 aliphatic carbocycles. The molecule has 0 bridgehead atoms. The van der Waals surface area contributed by atoms with Gasteiger partial charge in [0.25, 0.3) is 0 Å². The molecule has 0 amide bonds. The van der Waals surface area contributed by atoms with Crippen LogP contribution in [0, 0.1) is 5.41 Å². The summed E-state index contributed by atoms with van der Waals surface area (Å²) in [6.07, 6.45) is 0. The van der Waals surface area contributed by atoms with E-state index in [1.54, 1.807) is 0 Å². The second-order valence-electron chi connectivity index (χ2n) is 2.42. The highest BCUT2D eigenvalue weighted by molar-refractivity contribution is 5.89. The Labute approximate surface area is 74.2 Å². The summed E-state index contributed by atoms with van der Waals surface area (Å²) < 4.78 is 5.42. The highest BCUT2D eigenvalue weighted by Crippen LogP contribution is 2.02. The van der Waals surface area contributed by atoms with Gasteiger partial charge in [0.2, 0.25) is 0 Å². The number of esters is 1. The fourth-order valence-corrected chi connectivity index (χ4v) is 0.862. The van der Waals surface area contributed by atoms with Crippen LogP contribution >= 0.6 is 0 Å². The van der Waals surface area contributed by atoms with Crippen molar-refractivity contribution in [3.05, 3.63) is 23.2 Å². The normalized spacial score (nSPS) is 9.62. The minimum Gasteiger partial charge on any atom is -0.465 e. The van der Waals surface area contributed by atoms with Gasteiger partial charge in [-0.25, -0.2) is 9.47 Å². The zero-order valence-electron chi connectivity index (χ0n) is 7.07. The quantitative estimate of drug-likeness (QED) is 0.384. The first-order valence-corrected chi connectivity index (χ1v) is 3.47. The smallest absolute Gasteiger partial charge is 0.338 e. The average molecular weight is 182 g/mol.